The van der Waals surface area contributed by atoms with E-state index in [4.69, 9.17) is 19.9 Å². The summed E-state index contributed by atoms with van der Waals surface area (Å²) < 4.78 is 15.0. The molecule has 0 aromatic rings. The highest BCUT2D eigenvalue weighted by Crippen LogP contribution is 2.74. The molecule has 1 amide bonds. The van der Waals surface area contributed by atoms with E-state index in [1.807, 2.05) is 48.5 Å². The van der Waals surface area contributed by atoms with Crippen molar-refractivity contribution in [3.63, 3.8) is 0 Å². The normalized spacial score (nSPS) is 34.6. The Kier molecular flexibility index (Phi) is 6.97. The van der Waals surface area contributed by atoms with Crippen LogP contribution in [0.5, 0.6) is 0 Å². The molecular weight excluding hydrogens is 460 g/mol. The molecule has 6 aliphatic rings. The molecule has 0 saturated heterocycles. The van der Waals surface area contributed by atoms with Crippen LogP contribution in [0.2, 0.25) is 0 Å². The zero-order chi connectivity index (χ0) is 25.3. The number of hydrogen-bond acceptors (Lipinski definition) is 7. The predicted octanol–water partition coefficient (Wildman–Crippen LogP) is 4.12. The quantitative estimate of drug-likeness (QED) is 0.429. The van der Waals surface area contributed by atoms with Gasteiger partial charge in [-0.05, 0) is 97.8 Å². The highest BCUT2D eigenvalue weighted by molar-refractivity contribution is 5.85. The van der Waals surface area contributed by atoms with Gasteiger partial charge in [0.25, 0.3) is 0 Å². The number of carbonyl (C=O) groups is 3. The molecule has 6 aliphatic carbocycles. The van der Waals surface area contributed by atoms with Gasteiger partial charge >= 0.3 is 18.0 Å². The monoisotopic (exact) mass is 502 g/mol. The minimum atomic E-state index is -0.501. The Morgan fingerprint density at radius 2 is 1.09 bits per heavy atom. The summed E-state index contributed by atoms with van der Waals surface area (Å²) in [5.41, 5.74) is 4.61. The van der Waals surface area contributed by atoms with Crippen LogP contribution < -0.4 is 11.1 Å². The number of carbonyl (C=O) groups excluding carboxylic acids is 3. The van der Waals surface area contributed by atoms with Gasteiger partial charge in [-0.15, -0.1) is 12.4 Å². The van der Waals surface area contributed by atoms with E-state index < -0.39 is 11.0 Å². The minimum Gasteiger partial charge on any atom is -0.469 e. The fraction of sp³-hybridized carbons (Fsp3) is 0.880. The summed E-state index contributed by atoms with van der Waals surface area (Å²) in [4.78, 5) is 35.2. The van der Waals surface area contributed by atoms with Crippen LogP contribution in [-0.2, 0) is 23.8 Å². The first-order chi connectivity index (χ1) is 14.8. The predicted molar refractivity (Wildman–Crippen MR) is 130 cm³/mol. The molecule has 3 N–H and O–H groups in total. The molecule has 0 aliphatic heterocycles. The molecule has 0 spiro atoms. The lowest BCUT2D eigenvalue weighted by molar-refractivity contribution is -0.228. The van der Waals surface area contributed by atoms with Gasteiger partial charge in [-0.3, -0.25) is 9.59 Å². The molecule has 34 heavy (non-hydrogen) atoms. The third-order valence-electron chi connectivity index (χ3n) is 8.91. The number of methoxy groups -OCH3 is 2. The summed E-state index contributed by atoms with van der Waals surface area (Å²) >= 11 is 0. The molecule has 0 aromatic carbocycles. The molecule has 4 bridgehead atoms. The van der Waals surface area contributed by atoms with Gasteiger partial charge in [0.2, 0.25) is 0 Å². The van der Waals surface area contributed by atoms with Crippen molar-refractivity contribution in [1.29, 1.82) is 0 Å². The Labute approximate surface area is 209 Å². The van der Waals surface area contributed by atoms with Gasteiger partial charge in [-0.2, -0.15) is 0 Å². The first-order valence-electron chi connectivity index (χ1n) is 11.8. The molecule has 0 aromatic heterocycles. The zero-order valence-corrected chi connectivity index (χ0v) is 23.0. The number of alkyl carbamates (subject to hydrolysis) is 1. The lowest BCUT2D eigenvalue weighted by Crippen LogP contribution is -2.79. The Bertz CT molecular complexity index is 820. The van der Waals surface area contributed by atoms with Gasteiger partial charge in [0.05, 0.1) is 25.0 Å². The van der Waals surface area contributed by atoms with E-state index in [9.17, 15) is 14.4 Å². The molecule has 0 unspecified atom stereocenters. The second-order valence-electron chi connectivity index (χ2n) is 13.1. The number of esters is 2. The summed E-state index contributed by atoms with van der Waals surface area (Å²) in [7, 11) is 2.87. The van der Waals surface area contributed by atoms with Crippen molar-refractivity contribution in [2.45, 2.75) is 104 Å². The fourth-order valence-corrected chi connectivity index (χ4v) is 6.58. The Hall–Kier alpha value is -1.54. The molecule has 6 saturated carbocycles. The van der Waals surface area contributed by atoms with E-state index in [1.165, 1.54) is 14.2 Å². The number of hydrogen-bond donors (Lipinski definition) is 2. The van der Waals surface area contributed by atoms with Gasteiger partial charge in [-0.25, -0.2) is 4.79 Å². The number of amides is 1. The van der Waals surface area contributed by atoms with Crippen LogP contribution in [0, 0.1) is 21.7 Å². The summed E-state index contributed by atoms with van der Waals surface area (Å²) in [5, 5.41) is 2.96. The van der Waals surface area contributed by atoms with E-state index in [0.29, 0.717) is 0 Å². The Balaban J connectivity index is 0.000000253. The maximum Gasteiger partial charge on any atom is 0.408 e. The minimum absolute atomic E-state index is 0. The number of halogens is 1. The third-order valence-corrected chi connectivity index (χ3v) is 8.91. The molecule has 9 heteroatoms. The van der Waals surface area contributed by atoms with Crippen molar-refractivity contribution >= 4 is 30.4 Å². The summed E-state index contributed by atoms with van der Waals surface area (Å²) in [6.45, 7) is 13.3. The van der Waals surface area contributed by atoms with Crippen LogP contribution in [0.4, 0.5) is 4.79 Å². The van der Waals surface area contributed by atoms with Crippen LogP contribution in [-0.4, -0.2) is 48.9 Å². The average Bonchev–Trinajstić information content (AvgIpc) is 2.56. The summed E-state index contributed by atoms with van der Waals surface area (Å²) in [6.07, 6.45) is 5.05. The van der Waals surface area contributed by atoms with Crippen LogP contribution >= 0.6 is 12.4 Å². The number of ether oxygens (including phenoxy) is 3. The van der Waals surface area contributed by atoms with Gasteiger partial charge < -0.3 is 25.3 Å². The number of nitrogens with two attached hydrogens (primary N) is 1. The highest BCUT2D eigenvalue weighted by Gasteiger charge is 2.75. The van der Waals surface area contributed by atoms with Crippen molar-refractivity contribution < 1.29 is 28.6 Å². The van der Waals surface area contributed by atoms with Crippen LogP contribution in [0.25, 0.3) is 0 Å². The third kappa shape index (κ3) is 4.29. The lowest BCUT2D eigenvalue weighted by Gasteiger charge is -2.74. The van der Waals surface area contributed by atoms with Crippen molar-refractivity contribution in [2.75, 3.05) is 14.2 Å². The molecule has 8 nitrogen and oxygen atoms in total. The van der Waals surface area contributed by atoms with E-state index >= 15 is 0 Å². The Morgan fingerprint density at radius 3 is 1.38 bits per heavy atom. The maximum atomic E-state index is 11.9. The standard InChI is InChI=1S/C15H25NO4.C10H17NO2.ClH/c1-12(2,3)20-11(18)16-15-7-14(8-15,9-15)13(4,5)10(17)19-6;1-8(2,7(12)13-3)9-4-10(11,5-9)6-9;/h7-9H2,1-6H3,(H,16,18);4-6,11H2,1-3H3;1H. The van der Waals surface area contributed by atoms with Crippen LogP contribution in [0.15, 0.2) is 0 Å². The second-order valence-corrected chi connectivity index (χ2v) is 13.1. The van der Waals surface area contributed by atoms with E-state index in [2.05, 4.69) is 5.32 Å². The molecule has 0 radical (unpaired) electrons. The summed E-state index contributed by atoms with van der Waals surface area (Å²) in [6, 6.07) is 0. The molecular formula is C25H43ClN2O6. The number of nitrogens with one attached hydrogen (secondary N) is 1. The van der Waals surface area contributed by atoms with Gasteiger partial charge in [0.15, 0.2) is 0 Å². The summed E-state index contributed by atoms with van der Waals surface area (Å²) in [5.74, 6) is -0.280. The van der Waals surface area contributed by atoms with E-state index in [1.54, 1.807) is 0 Å². The van der Waals surface area contributed by atoms with Crippen molar-refractivity contribution in [1.82, 2.24) is 5.32 Å². The number of rotatable bonds is 5. The molecule has 0 atom stereocenters. The molecule has 6 fully saturated rings. The highest BCUT2D eigenvalue weighted by atomic mass is 35.5. The van der Waals surface area contributed by atoms with Crippen LogP contribution in [0.3, 0.4) is 0 Å². The first-order valence-corrected chi connectivity index (χ1v) is 11.8. The zero-order valence-electron chi connectivity index (χ0n) is 22.2. The van der Waals surface area contributed by atoms with Crippen LogP contribution in [0.1, 0.15) is 87.0 Å². The topological polar surface area (TPSA) is 117 Å². The van der Waals surface area contributed by atoms with Gasteiger partial charge in [0.1, 0.15) is 5.60 Å². The average molecular weight is 503 g/mol. The second kappa shape index (κ2) is 8.26. The van der Waals surface area contributed by atoms with Gasteiger partial charge in [-0.1, -0.05) is 0 Å². The Morgan fingerprint density at radius 1 is 0.735 bits per heavy atom. The van der Waals surface area contributed by atoms with Crippen molar-refractivity contribution in [3.8, 4) is 0 Å². The largest absolute Gasteiger partial charge is 0.469 e. The maximum absolute atomic E-state index is 11.9. The molecule has 6 rings (SSSR count). The fourth-order valence-electron chi connectivity index (χ4n) is 6.58. The van der Waals surface area contributed by atoms with Crippen molar-refractivity contribution in [2.24, 2.45) is 27.4 Å². The molecule has 196 valence electrons. The SMILES string of the molecule is COC(=O)C(C)(C)C12CC(N)(C1)C2.COC(=O)C(C)(C)C12CC(NC(=O)OC(C)(C)C)(C1)C2.Cl. The molecule has 0 heterocycles. The van der Waals surface area contributed by atoms with E-state index in [-0.39, 0.29) is 57.8 Å². The first kappa shape index (κ1) is 28.7. The smallest absolute Gasteiger partial charge is 0.408 e. The van der Waals surface area contributed by atoms with Gasteiger partial charge in [0, 0.05) is 11.1 Å². The van der Waals surface area contributed by atoms with E-state index in [0.717, 1.165) is 38.5 Å². The van der Waals surface area contributed by atoms with Crippen molar-refractivity contribution in [3.05, 3.63) is 0 Å². The lowest BCUT2D eigenvalue weighted by atomic mass is 9.32.